The summed E-state index contributed by atoms with van der Waals surface area (Å²) in [6.45, 7) is 0. The minimum Gasteiger partial charge on any atom is -0.399 e. The van der Waals surface area contributed by atoms with Crippen LogP contribution in [0.3, 0.4) is 0 Å². The van der Waals surface area contributed by atoms with Gasteiger partial charge in [-0.2, -0.15) is 0 Å². The minimum absolute atomic E-state index is 0.172. The van der Waals surface area contributed by atoms with Crippen molar-refractivity contribution in [2.45, 2.75) is 10.6 Å². The lowest BCUT2D eigenvalue weighted by Crippen LogP contribution is -2.15. The van der Waals surface area contributed by atoms with Gasteiger partial charge in [0.1, 0.15) is 0 Å². The van der Waals surface area contributed by atoms with Gasteiger partial charge in [-0.15, -0.1) is 11.3 Å². The molecular weight excluding hydrogens is 316 g/mol. The van der Waals surface area contributed by atoms with E-state index in [1.54, 1.807) is 24.3 Å². The third kappa shape index (κ3) is 4.06. The molecule has 0 fully saturated rings. The zero-order valence-corrected chi connectivity index (χ0v) is 12.9. The monoisotopic (exact) mass is 328 g/mol. The predicted molar refractivity (Wildman–Crippen MR) is 84.7 cm³/mol. The number of benzene rings is 1. The Bertz CT molecular complexity index is 629. The quantitative estimate of drug-likeness (QED) is 0.828. The summed E-state index contributed by atoms with van der Waals surface area (Å²) in [5.74, 6) is 0.0699. The highest BCUT2D eigenvalue weighted by Crippen LogP contribution is 2.24. The summed E-state index contributed by atoms with van der Waals surface area (Å²) in [7, 11) is -1.14. The average molecular weight is 329 g/mol. The van der Waals surface area contributed by atoms with Crippen LogP contribution in [0.2, 0.25) is 5.02 Å². The summed E-state index contributed by atoms with van der Waals surface area (Å²) in [5.41, 5.74) is 6.62. The summed E-state index contributed by atoms with van der Waals surface area (Å²) < 4.78 is 12.7. The Morgan fingerprint density at radius 3 is 2.85 bits per heavy atom. The third-order valence-corrected chi connectivity index (χ3v) is 5.48. The second-order valence-electron chi connectivity index (χ2n) is 4.02. The number of nitrogens with one attached hydrogen (secondary N) is 1. The summed E-state index contributed by atoms with van der Waals surface area (Å²) in [4.78, 5) is 11.8. The van der Waals surface area contributed by atoms with E-state index in [0.717, 1.165) is 4.21 Å². The van der Waals surface area contributed by atoms with Crippen molar-refractivity contribution in [1.82, 2.24) is 0 Å². The lowest BCUT2D eigenvalue weighted by Gasteiger charge is -2.07. The molecule has 0 aliphatic rings. The fraction of sp³-hybridized carbons (Fsp3) is 0.154. The molecule has 0 spiro atoms. The van der Waals surface area contributed by atoms with Gasteiger partial charge in [-0.1, -0.05) is 17.7 Å². The summed E-state index contributed by atoms with van der Waals surface area (Å²) in [6, 6.07) is 8.51. The Morgan fingerprint density at radius 2 is 2.20 bits per heavy atom. The SMILES string of the molecule is Nc1ccc(NC(=O)CCS(=O)c2cccs2)c(Cl)c1. The van der Waals surface area contributed by atoms with Gasteiger partial charge < -0.3 is 11.1 Å². The summed E-state index contributed by atoms with van der Waals surface area (Å²) in [6.07, 6.45) is 0.172. The topological polar surface area (TPSA) is 72.2 Å². The van der Waals surface area contributed by atoms with E-state index in [2.05, 4.69) is 5.32 Å². The number of amides is 1. The largest absolute Gasteiger partial charge is 0.399 e. The van der Waals surface area contributed by atoms with Crippen LogP contribution in [0.4, 0.5) is 11.4 Å². The number of nitrogen functional groups attached to an aromatic ring is 1. The number of rotatable bonds is 5. The molecule has 1 unspecified atom stereocenters. The lowest BCUT2D eigenvalue weighted by molar-refractivity contribution is -0.115. The first-order valence-electron chi connectivity index (χ1n) is 5.83. The van der Waals surface area contributed by atoms with Crippen LogP contribution in [0.15, 0.2) is 39.9 Å². The van der Waals surface area contributed by atoms with E-state index in [1.807, 2.05) is 11.4 Å². The van der Waals surface area contributed by atoms with Crippen LogP contribution < -0.4 is 11.1 Å². The molecule has 1 aromatic carbocycles. The maximum absolute atomic E-state index is 11.9. The highest BCUT2D eigenvalue weighted by molar-refractivity contribution is 7.87. The van der Waals surface area contributed by atoms with Crippen LogP contribution >= 0.6 is 22.9 Å². The smallest absolute Gasteiger partial charge is 0.225 e. The molecule has 1 aromatic heterocycles. The first-order valence-corrected chi connectivity index (χ1v) is 8.40. The Hall–Kier alpha value is -1.37. The van der Waals surface area contributed by atoms with Gasteiger partial charge in [0.2, 0.25) is 5.91 Å². The second-order valence-corrected chi connectivity index (χ2v) is 7.17. The predicted octanol–water partition coefficient (Wildman–Crippen LogP) is 3.12. The highest BCUT2D eigenvalue weighted by atomic mass is 35.5. The van der Waals surface area contributed by atoms with Crippen LogP contribution in [0.5, 0.6) is 0 Å². The molecule has 1 amide bonds. The van der Waals surface area contributed by atoms with Crippen molar-refractivity contribution in [3.05, 3.63) is 40.7 Å². The van der Waals surface area contributed by atoms with Crippen molar-refractivity contribution in [1.29, 1.82) is 0 Å². The van der Waals surface area contributed by atoms with Gasteiger partial charge in [0.05, 0.1) is 25.7 Å². The van der Waals surface area contributed by atoms with Crippen LogP contribution in [0.1, 0.15) is 6.42 Å². The average Bonchev–Trinajstić information content (AvgIpc) is 2.93. The fourth-order valence-corrected chi connectivity index (χ4v) is 3.86. The van der Waals surface area contributed by atoms with Gasteiger partial charge in [0, 0.05) is 17.9 Å². The van der Waals surface area contributed by atoms with E-state index < -0.39 is 10.8 Å². The van der Waals surface area contributed by atoms with E-state index in [1.165, 1.54) is 11.3 Å². The Kier molecular flexibility index (Phi) is 5.17. The van der Waals surface area contributed by atoms with Crippen LogP contribution in [-0.4, -0.2) is 15.9 Å². The molecule has 0 aliphatic carbocycles. The van der Waals surface area contributed by atoms with Gasteiger partial charge in [0.15, 0.2) is 0 Å². The normalized spacial score (nSPS) is 12.1. The second kappa shape index (κ2) is 6.88. The number of thiophene rings is 1. The van der Waals surface area contributed by atoms with Crippen molar-refractivity contribution in [2.24, 2.45) is 0 Å². The Morgan fingerprint density at radius 1 is 1.40 bits per heavy atom. The van der Waals surface area contributed by atoms with Crippen LogP contribution in [-0.2, 0) is 15.6 Å². The van der Waals surface area contributed by atoms with Crippen molar-refractivity contribution in [3.63, 3.8) is 0 Å². The highest BCUT2D eigenvalue weighted by Gasteiger charge is 2.10. The molecule has 0 saturated carbocycles. The molecule has 2 rings (SSSR count). The third-order valence-electron chi connectivity index (χ3n) is 2.50. The minimum atomic E-state index is -1.14. The number of hydrogen-bond acceptors (Lipinski definition) is 4. The lowest BCUT2D eigenvalue weighted by atomic mass is 10.3. The molecule has 1 atom stereocenters. The molecule has 0 radical (unpaired) electrons. The first kappa shape index (κ1) is 15.0. The van der Waals surface area contributed by atoms with E-state index in [-0.39, 0.29) is 12.3 Å². The van der Waals surface area contributed by atoms with Gasteiger partial charge in [-0.25, -0.2) is 0 Å². The molecule has 3 N–H and O–H groups in total. The van der Waals surface area contributed by atoms with Gasteiger partial charge in [-0.05, 0) is 29.6 Å². The molecule has 0 saturated heterocycles. The molecule has 0 bridgehead atoms. The van der Waals surface area contributed by atoms with Gasteiger partial charge >= 0.3 is 0 Å². The fourth-order valence-electron chi connectivity index (χ4n) is 1.52. The van der Waals surface area contributed by atoms with Gasteiger partial charge in [-0.3, -0.25) is 9.00 Å². The standard InChI is InChI=1S/C13H13ClN2O2S2/c14-10-8-9(15)3-4-11(10)16-12(17)5-7-20(18)13-2-1-6-19-13/h1-4,6,8H,5,7,15H2,(H,16,17). The van der Waals surface area contributed by atoms with E-state index >= 15 is 0 Å². The van der Waals surface area contributed by atoms with Crippen molar-refractivity contribution < 1.29 is 9.00 Å². The Balaban J connectivity index is 1.88. The van der Waals surface area contributed by atoms with Crippen LogP contribution in [0, 0.1) is 0 Å². The molecule has 7 heteroatoms. The molecule has 4 nitrogen and oxygen atoms in total. The van der Waals surface area contributed by atoms with Crippen LogP contribution in [0.25, 0.3) is 0 Å². The first-order chi connectivity index (χ1) is 9.56. The summed E-state index contributed by atoms with van der Waals surface area (Å²) in [5, 5.41) is 4.93. The molecule has 20 heavy (non-hydrogen) atoms. The molecule has 106 valence electrons. The molecule has 2 aromatic rings. The van der Waals surface area contributed by atoms with Crippen molar-refractivity contribution >= 4 is 51.0 Å². The Labute approximate surface area is 128 Å². The van der Waals surface area contributed by atoms with E-state index in [0.29, 0.717) is 22.2 Å². The van der Waals surface area contributed by atoms with E-state index in [9.17, 15) is 9.00 Å². The molecule has 0 aliphatic heterocycles. The zero-order valence-electron chi connectivity index (χ0n) is 10.5. The van der Waals surface area contributed by atoms with Gasteiger partial charge in [0.25, 0.3) is 0 Å². The van der Waals surface area contributed by atoms with Crippen molar-refractivity contribution in [3.8, 4) is 0 Å². The molecule has 1 heterocycles. The zero-order chi connectivity index (χ0) is 14.5. The number of carbonyl (C=O) groups is 1. The number of hydrogen-bond donors (Lipinski definition) is 2. The number of anilines is 2. The summed E-state index contributed by atoms with van der Waals surface area (Å²) >= 11 is 7.39. The molecular formula is C13H13ClN2O2S2. The number of nitrogens with two attached hydrogens (primary N) is 1. The number of carbonyl (C=O) groups excluding carboxylic acids is 1. The van der Waals surface area contributed by atoms with E-state index in [4.69, 9.17) is 17.3 Å². The number of halogens is 1. The maximum atomic E-state index is 11.9. The maximum Gasteiger partial charge on any atom is 0.225 e. The van der Waals surface area contributed by atoms with Crippen molar-refractivity contribution in [2.75, 3.05) is 16.8 Å².